The first-order chi connectivity index (χ1) is 40.4. The quantitative estimate of drug-likeness (QED) is 0.0214. The van der Waals surface area contributed by atoms with Crippen LogP contribution in [0.1, 0.15) is 76.3 Å². The number of nitrogens with two attached hydrogens (primary N) is 2. The predicted molar refractivity (Wildman–Crippen MR) is 337 cm³/mol. The van der Waals surface area contributed by atoms with Crippen molar-refractivity contribution in [1.82, 2.24) is 0 Å². The molecule has 0 fully saturated rings. The number of ether oxygens (including phenoxy) is 7. The average Bonchev–Trinajstić information content (AvgIpc) is 3.52. The molecular weight excluding hydrogens is 1030 g/mol. The van der Waals surface area contributed by atoms with Crippen LogP contribution in [0, 0.1) is 6.92 Å². The van der Waals surface area contributed by atoms with E-state index in [4.69, 9.17) is 44.6 Å². The van der Waals surface area contributed by atoms with Crippen molar-refractivity contribution in [2.45, 2.75) is 39.5 Å². The Bertz CT molecular complexity index is 2720. The molecule has 6 aromatic rings. The Labute approximate surface area is 486 Å². The Morgan fingerprint density at radius 3 is 0.988 bits per heavy atom. The third-order valence-electron chi connectivity index (χ3n) is 11.4. The maximum absolute atomic E-state index is 10.7. The smallest absolute Gasteiger partial charge is 0.150 e. The second-order valence-electron chi connectivity index (χ2n) is 18.1. The number of methoxy groups -OCH3 is 1. The molecule has 6 aromatic carbocycles. The van der Waals surface area contributed by atoms with Gasteiger partial charge in [-0.3, -0.25) is 34.7 Å². The number of carbonyl (C=O) groups excluding carboxylic acids is 1. The molecule has 0 saturated carbocycles. The highest BCUT2D eigenvalue weighted by Crippen LogP contribution is 2.21. The molecule has 0 bridgehead atoms. The molecule has 82 heavy (non-hydrogen) atoms. The lowest BCUT2D eigenvalue weighted by Gasteiger charge is -2.06. The largest absolute Gasteiger partial charge is 0.497 e. The zero-order valence-electron chi connectivity index (χ0n) is 48.1. The third-order valence-corrected chi connectivity index (χ3v) is 11.4. The minimum Gasteiger partial charge on any atom is -0.497 e. The van der Waals surface area contributed by atoms with Gasteiger partial charge in [-0.25, -0.2) is 0 Å². The number of benzene rings is 6. The van der Waals surface area contributed by atoms with E-state index in [0.717, 1.165) is 108 Å². The highest BCUT2D eigenvalue weighted by Gasteiger charge is 1.99. The van der Waals surface area contributed by atoms with Gasteiger partial charge in [-0.1, -0.05) is 78.4 Å². The normalized spacial score (nSPS) is 11.5. The molecule has 16 heteroatoms. The molecule has 0 saturated heterocycles. The number of carbonyl (C=O) groups is 1. The van der Waals surface area contributed by atoms with Crippen LogP contribution in [0.3, 0.4) is 0 Å². The van der Waals surface area contributed by atoms with Crippen molar-refractivity contribution in [2.24, 2.45) is 41.4 Å². The summed E-state index contributed by atoms with van der Waals surface area (Å²) in [6.45, 7) is 14.6. The zero-order chi connectivity index (χ0) is 58.2. The molecule has 0 radical (unpaired) electrons. The van der Waals surface area contributed by atoms with Gasteiger partial charge in [0.15, 0.2) is 0 Å². The number of rotatable bonds is 37. The topological polar surface area (TPSA) is 208 Å². The van der Waals surface area contributed by atoms with Crippen molar-refractivity contribution < 1.29 is 38.0 Å². The maximum Gasteiger partial charge on any atom is 0.150 e. The molecule has 0 aliphatic rings. The fourth-order valence-electron chi connectivity index (χ4n) is 6.79. The van der Waals surface area contributed by atoms with Crippen LogP contribution in [0.25, 0.3) is 0 Å². The van der Waals surface area contributed by atoms with Gasteiger partial charge >= 0.3 is 0 Å². The van der Waals surface area contributed by atoms with Crippen LogP contribution in [0.5, 0.6) is 5.75 Å². The molecule has 0 heterocycles. The van der Waals surface area contributed by atoms with Crippen LogP contribution >= 0.6 is 0 Å². The van der Waals surface area contributed by atoms with Gasteiger partial charge in [0, 0.05) is 76.2 Å². The molecule has 436 valence electrons. The summed E-state index contributed by atoms with van der Waals surface area (Å²) in [6.07, 6.45) is 15.5. The Balaban J connectivity index is 0.000000299. The number of aryl methyl sites for hydroxylation is 1. The van der Waals surface area contributed by atoms with Crippen molar-refractivity contribution >= 4 is 66.3 Å². The summed E-state index contributed by atoms with van der Waals surface area (Å²) in [5, 5.41) is 0. The van der Waals surface area contributed by atoms with E-state index in [1.54, 1.807) is 25.5 Å². The highest BCUT2D eigenvalue weighted by atomic mass is 16.5. The SMILES string of the molecule is CC=NCCCOCCOCCOCCCN=Cc1ccc(C=Nc2ccc(N=Cc3ccc(C)cc3)cc2)cc1.COc1ccc(C=Nc2ccc(N=Cc3ccc(C=O)cc3)cc2)cc1.NCCCOCCOCCOCCCN. The Hall–Kier alpha value is -7.51. The van der Waals surface area contributed by atoms with Crippen LogP contribution < -0.4 is 16.2 Å². The minimum absolute atomic E-state index is 0.580. The lowest BCUT2D eigenvalue weighted by Crippen LogP contribution is -2.12. The molecular formula is C66H84N8O8. The Kier molecular flexibility index (Phi) is 36.9. The first-order valence-electron chi connectivity index (χ1n) is 27.9. The van der Waals surface area contributed by atoms with E-state index in [2.05, 4.69) is 61.1 Å². The van der Waals surface area contributed by atoms with Crippen LogP contribution in [0.2, 0.25) is 0 Å². The molecule has 6 rings (SSSR count). The monoisotopic (exact) mass is 1120 g/mol. The van der Waals surface area contributed by atoms with Gasteiger partial charge in [-0.15, -0.1) is 0 Å². The van der Waals surface area contributed by atoms with E-state index in [-0.39, 0.29) is 0 Å². The first kappa shape index (κ1) is 67.0. The van der Waals surface area contributed by atoms with Crippen molar-refractivity contribution in [1.29, 1.82) is 0 Å². The van der Waals surface area contributed by atoms with Crippen molar-refractivity contribution in [3.8, 4) is 5.75 Å². The van der Waals surface area contributed by atoms with Gasteiger partial charge in [0.25, 0.3) is 0 Å². The summed E-state index contributed by atoms with van der Waals surface area (Å²) < 4.78 is 37.5. The molecule has 0 unspecified atom stereocenters. The van der Waals surface area contributed by atoms with E-state index >= 15 is 0 Å². The molecule has 0 amide bonds. The summed E-state index contributed by atoms with van der Waals surface area (Å²) in [6, 6.07) is 47.0. The van der Waals surface area contributed by atoms with Gasteiger partial charge < -0.3 is 44.6 Å². The second-order valence-corrected chi connectivity index (χ2v) is 18.1. The second kappa shape index (κ2) is 45.1. The van der Waals surface area contributed by atoms with E-state index in [1.807, 2.05) is 147 Å². The zero-order valence-corrected chi connectivity index (χ0v) is 48.1. The van der Waals surface area contributed by atoms with Gasteiger partial charge in [-0.05, 0) is 159 Å². The Morgan fingerprint density at radius 1 is 0.366 bits per heavy atom. The standard InChI is InChI=1S/C34H42N4O3.C22H18N2O2.C10H24N2O3/c1-3-35-18-4-20-39-22-24-41-25-23-40-21-5-19-36-26-30-10-12-32(13-11-30)28-38-34-16-14-33(15-17-34)37-27-31-8-6-29(2)7-9-31;1-26-22-12-6-18(7-13-22)15-24-21-10-8-20(9-11-21)23-14-17-2-4-19(16-25)5-3-17;11-3-1-5-13-7-9-15-10-8-14-6-2-4-12/h3,6-17,26-28H,4-5,18-25H2,1-2H3;2-16H,1H3;1-12H2. The third kappa shape index (κ3) is 32.7. The summed E-state index contributed by atoms with van der Waals surface area (Å²) in [5.41, 5.74) is 21.1. The van der Waals surface area contributed by atoms with Crippen LogP contribution in [0.15, 0.2) is 176 Å². The maximum atomic E-state index is 10.7. The molecule has 0 atom stereocenters. The lowest BCUT2D eigenvalue weighted by molar-refractivity contribution is 0.0143. The minimum atomic E-state index is 0.580. The lowest BCUT2D eigenvalue weighted by atomic mass is 10.1. The number of aliphatic imine (C=N–C) groups is 6. The van der Waals surface area contributed by atoms with Crippen molar-refractivity contribution in [3.05, 3.63) is 185 Å². The summed E-state index contributed by atoms with van der Waals surface area (Å²) in [5.74, 6) is 0.824. The van der Waals surface area contributed by atoms with Crippen molar-refractivity contribution in [3.63, 3.8) is 0 Å². The van der Waals surface area contributed by atoms with Crippen LogP contribution in [-0.2, 0) is 28.4 Å². The number of nitrogens with zero attached hydrogens (tertiary/aromatic N) is 6. The molecule has 0 spiro atoms. The van der Waals surface area contributed by atoms with Gasteiger partial charge in [-0.2, -0.15) is 0 Å². The van der Waals surface area contributed by atoms with E-state index in [1.165, 1.54) is 5.56 Å². The van der Waals surface area contributed by atoms with Gasteiger partial charge in [0.1, 0.15) is 12.0 Å². The summed E-state index contributed by atoms with van der Waals surface area (Å²) >= 11 is 0. The van der Waals surface area contributed by atoms with E-state index < -0.39 is 0 Å². The first-order valence-corrected chi connectivity index (χ1v) is 27.9. The number of aldehydes is 1. The van der Waals surface area contributed by atoms with Crippen LogP contribution in [-0.4, -0.2) is 156 Å². The number of hydrogen-bond donors (Lipinski definition) is 2. The average molecular weight is 1120 g/mol. The Morgan fingerprint density at radius 2 is 0.659 bits per heavy atom. The molecule has 4 N–H and O–H groups in total. The fraction of sp³-hybridized carbons (Fsp3) is 0.348. The molecule has 0 aliphatic carbocycles. The van der Waals surface area contributed by atoms with Crippen LogP contribution in [0.4, 0.5) is 22.7 Å². The van der Waals surface area contributed by atoms with E-state index in [9.17, 15) is 4.79 Å². The van der Waals surface area contributed by atoms with Crippen molar-refractivity contribution in [2.75, 3.05) is 113 Å². The van der Waals surface area contributed by atoms with E-state index in [0.29, 0.717) is 91.3 Å². The number of hydrogen-bond acceptors (Lipinski definition) is 16. The highest BCUT2D eigenvalue weighted by molar-refractivity contribution is 5.86. The molecule has 16 nitrogen and oxygen atoms in total. The van der Waals surface area contributed by atoms with Gasteiger partial charge in [0.05, 0.1) is 82.7 Å². The summed E-state index contributed by atoms with van der Waals surface area (Å²) in [4.78, 5) is 37.3. The molecule has 0 aliphatic heterocycles. The predicted octanol–water partition coefficient (Wildman–Crippen LogP) is 11.6. The van der Waals surface area contributed by atoms with Gasteiger partial charge in [0.2, 0.25) is 0 Å². The molecule has 0 aromatic heterocycles. The fourth-order valence-corrected chi connectivity index (χ4v) is 6.79. The summed E-state index contributed by atoms with van der Waals surface area (Å²) in [7, 11) is 1.65.